The van der Waals surface area contributed by atoms with Gasteiger partial charge in [0.2, 0.25) is 5.91 Å². The molecule has 0 atom stereocenters. The molecule has 114 valence electrons. The minimum atomic E-state index is -4.47. The van der Waals surface area contributed by atoms with E-state index >= 15 is 0 Å². The highest BCUT2D eigenvalue weighted by Gasteiger charge is 2.32. The second-order valence-electron chi connectivity index (χ2n) is 4.95. The summed E-state index contributed by atoms with van der Waals surface area (Å²) in [4.78, 5) is 13.4. The van der Waals surface area contributed by atoms with Gasteiger partial charge in [0.1, 0.15) is 4.99 Å². The molecule has 1 aromatic carbocycles. The molecule has 0 unspecified atom stereocenters. The van der Waals surface area contributed by atoms with Gasteiger partial charge < -0.3 is 10.6 Å². The summed E-state index contributed by atoms with van der Waals surface area (Å²) in [5.41, 5.74) is 5.18. The van der Waals surface area contributed by atoms with Gasteiger partial charge in [-0.1, -0.05) is 18.6 Å². The van der Waals surface area contributed by atoms with Crippen molar-refractivity contribution in [3.63, 3.8) is 0 Å². The molecule has 0 aromatic heterocycles. The zero-order valence-electron chi connectivity index (χ0n) is 11.2. The Hall–Kier alpha value is -1.63. The lowest BCUT2D eigenvalue weighted by atomic mass is 10.1. The molecule has 0 radical (unpaired) electrons. The van der Waals surface area contributed by atoms with Crippen LogP contribution in [0.4, 0.5) is 18.9 Å². The van der Waals surface area contributed by atoms with E-state index in [1.807, 2.05) is 0 Å². The van der Waals surface area contributed by atoms with Crippen molar-refractivity contribution < 1.29 is 18.0 Å². The highest BCUT2D eigenvalue weighted by molar-refractivity contribution is 7.80. The van der Waals surface area contributed by atoms with E-state index in [0.29, 0.717) is 18.7 Å². The number of carbonyl (C=O) groups is 1. The standard InChI is InChI=1S/C14H15F3N2OS/c15-14(16,17)9-5-6-11(10(8-9)13(18)21)19-7-3-1-2-4-12(19)20/h5-6,8H,1-4,7H2,(H2,18,21). The number of carbonyl (C=O) groups excluding carboxylic acids is 1. The summed E-state index contributed by atoms with van der Waals surface area (Å²) in [6, 6.07) is 3.14. The maximum atomic E-state index is 12.8. The van der Waals surface area contributed by atoms with Crippen LogP contribution in [-0.2, 0) is 11.0 Å². The lowest BCUT2D eigenvalue weighted by Gasteiger charge is -2.24. The summed E-state index contributed by atoms with van der Waals surface area (Å²) in [7, 11) is 0. The van der Waals surface area contributed by atoms with Crippen LogP contribution in [0.5, 0.6) is 0 Å². The van der Waals surface area contributed by atoms with Gasteiger partial charge in [-0.2, -0.15) is 13.2 Å². The Kier molecular flexibility index (Phi) is 4.51. The SMILES string of the molecule is NC(=S)c1cc(C(F)(F)F)ccc1N1CCCCCC1=O. The van der Waals surface area contributed by atoms with E-state index in [1.54, 1.807) is 0 Å². The minimum Gasteiger partial charge on any atom is -0.389 e. The molecule has 1 heterocycles. The van der Waals surface area contributed by atoms with Crippen molar-refractivity contribution in [2.75, 3.05) is 11.4 Å². The average Bonchev–Trinajstić information content (AvgIpc) is 2.61. The normalized spacial score (nSPS) is 16.7. The Bertz CT molecular complexity index is 572. The fourth-order valence-electron chi connectivity index (χ4n) is 2.38. The van der Waals surface area contributed by atoms with Crippen molar-refractivity contribution in [1.29, 1.82) is 0 Å². The Morgan fingerprint density at radius 1 is 1.24 bits per heavy atom. The number of anilines is 1. The van der Waals surface area contributed by atoms with Crippen LogP contribution in [-0.4, -0.2) is 17.4 Å². The number of hydrogen-bond donors (Lipinski definition) is 1. The molecule has 1 amide bonds. The van der Waals surface area contributed by atoms with Crippen LogP contribution in [0.25, 0.3) is 0 Å². The number of hydrogen-bond acceptors (Lipinski definition) is 2. The average molecular weight is 316 g/mol. The first-order valence-corrected chi connectivity index (χ1v) is 7.03. The third-order valence-corrected chi connectivity index (χ3v) is 3.67. The van der Waals surface area contributed by atoms with Gasteiger partial charge in [0.25, 0.3) is 0 Å². The third kappa shape index (κ3) is 3.53. The van der Waals surface area contributed by atoms with Gasteiger partial charge >= 0.3 is 6.18 Å². The molecule has 0 spiro atoms. The summed E-state index contributed by atoms with van der Waals surface area (Å²) in [6.07, 6.45) is -1.56. The number of alkyl halides is 3. The molecule has 2 rings (SSSR count). The Labute approximate surface area is 125 Å². The molecule has 1 fully saturated rings. The first kappa shape index (κ1) is 15.8. The fourth-order valence-corrected chi connectivity index (χ4v) is 2.55. The highest BCUT2D eigenvalue weighted by Crippen LogP contribution is 2.33. The van der Waals surface area contributed by atoms with Crippen molar-refractivity contribution in [3.05, 3.63) is 29.3 Å². The number of benzene rings is 1. The molecule has 1 aromatic rings. The molecule has 1 aliphatic heterocycles. The minimum absolute atomic E-state index is 0.0927. The molecule has 0 aliphatic carbocycles. The molecule has 0 saturated carbocycles. The molecular formula is C14H15F3N2OS. The molecule has 0 bridgehead atoms. The lowest BCUT2D eigenvalue weighted by molar-refractivity contribution is -0.137. The van der Waals surface area contributed by atoms with Crippen LogP contribution in [0.1, 0.15) is 36.8 Å². The first-order chi connectivity index (χ1) is 9.80. The summed E-state index contributed by atoms with van der Waals surface area (Å²) >= 11 is 4.85. The smallest absolute Gasteiger partial charge is 0.389 e. The van der Waals surface area contributed by atoms with Gasteiger partial charge in [-0.05, 0) is 31.0 Å². The van der Waals surface area contributed by atoms with Crippen LogP contribution in [0, 0.1) is 0 Å². The molecule has 1 saturated heterocycles. The quantitative estimate of drug-likeness (QED) is 0.852. The number of nitrogens with two attached hydrogens (primary N) is 1. The van der Waals surface area contributed by atoms with E-state index in [0.717, 1.165) is 31.4 Å². The Balaban J connectivity index is 2.47. The number of halogens is 3. The van der Waals surface area contributed by atoms with Crippen molar-refractivity contribution in [2.24, 2.45) is 5.73 Å². The van der Waals surface area contributed by atoms with Gasteiger partial charge in [-0.3, -0.25) is 4.79 Å². The van der Waals surface area contributed by atoms with E-state index in [9.17, 15) is 18.0 Å². The van der Waals surface area contributed by atoms with Crippen LogP contribution < -0.4 is 10.6 Å². The van der Waals surface area contributed by atoms with Crippen LogP contribution in [0.2, 0.25) is 0 Å². The molecule has 3 nitrogen and oxygen atoms in total. The molecule has 1 aliphatic rings. The predicted octanol–water partition coefficient (Wildman–Crippen LogP) is 3.25. The van der Waals surface area contributed by atoms with Crippen molar-refractivity contribution in [3.8, 4) is 0 Å². The number of thiocarbonyl (C=S) groups is 1. The van der Waals surface area contributed by atoms with E-state index in [-0.39, 0.29) is 16.5 Å². The van der Waals surface area contributed by atoms with E-state index in [1.165, 1.54) is 11.0 Å². The zero-order chi connectivity index (χ0) is 15.6. The van der Waals surface area contributed by atoms with Crippen molar-refractivity contribution >= 4 is 28.8 Å². The summed E-state index contributed by atoms with van der Waals surface area (Å²) in [5, 5.41) is 0. The van der Waals surface area contributed by atoms with Gasteiger partial charge in [0.05, 0.1) is 11.3 Å². The summed E-state index contributed by atoms with van der Waals surface area (Å²) in [5.74, 6) is -0.107. The second kappa shape index (κ2) is 6.01. The topological polar surface area (TPSA) is 46.3 Å². The third-order valence-electron chi connectivity index (χ3n) is 3.45. The molecular weight excluding hydrogens is 301 g/mol. The fraction of sp³-hybridized carbons (Fsp3) is 0.429. The van der Waals surface area contributed by atoms with Crippen LogP contribution >= 0.6 is 12.2 Å². The predicted molar refractivity (Wildman–Crippen MR) is 78.2 cm³/mol. The number of amides is 1. The van der Waals surface area contributed by atoms with Gasteiger partial charge in [0.15, 0.2) is 0 Å². The van der Waals surface area contributed by atoms with E-state index in [4.69, 9.17) is 18.0 Å². The molecule has 21 heavy (non-hydrogen) atoms. The second-order valence-corrected chi connectivity index (χ2v) is 5.39. The Morgan fingerprint density at radius 2 is 1.95 bits per heavy atom. The largest absolute Gasteiger partial charge is 0.416 e. The molecule has 2 N–H and O–H groups in total. The van der Waals surface area contributed by atoms with Crippen LogP contribution in [0.15, 0.2) is 18.2 Å². The maximum absolute atomic E-state index is 12.8. The zero-order valence-corrected chi connectivity index (χ0v) is 12.1. The maximum Gasteiger partial charge on any atom is 0.416 e. The summed E-state index contributed by atoms with van der Waals surface area (Å²) in [6.45, 7) is 0.472. The lowest BCUT2D eigenvalue weighted by Crippen LogP contribution is -2.32. The number of nitrogens with zero attached hydrogens (tertiary/aromatic N) is 1. The monoisotopic (exact) mass is 316 g/mol. The van der Waals surface area contributed by atoms with Gasteiger partial charge in [-0.25, -0.2) is 0 Å². The van der Waals surface area contributed by atoms with E-state index in [2.05, 4.69) is 0 Å². The Morgan fingerprint density at radius 3 is 2.57 bits per heavy atom. The number of rotatable bonds is 2. The summed E-state index contributed by atoms with van der Waals surface area (Å²) < 4.78 is 38.3. The van der Waals surface area contributed by atoms with Gasteiger partial charge in [-0.15, -0.1) is 0 Å². The molecule has 7 heteroatoms. The first-order valence-electron chi connectivity index (χ1n) is 6.62. The van der Waals surface area contributed by atoms with Crippen molar-refractivity contribution in [1.82, 2.24) is 0 Å². The highest BCUT2D eigenvalue weighted by atomic mass is 32.1. The van der Waals surface area contributed by atoms with Crippen LogP contribution in [0.3, 0.4) is 0 Å². The van der Waals surface area contributed by atoms with Gasteiger partial charge in [0, 0.05) is 18.5 Å². The van der Waals surface area contributed by atoms with E-state index < -0.39 is 11.7 Å². The van der Waals surface area contributed by atoms with Crippen molar-refractivity contribution in [2.45, 2.75) is 31.9 Å².